The lowest BCUT2D eigenvalue weighted by molar-refractivity contribution is -0.208. The van der Waals surface area contributed by atoms with Crippen molar-refractivity contribution in [3.8, 4) is 0 Å². The van der Waals surface area contributed by atoms with Gasteiger partial charge in [-0.25, -0.2) is 4.39 Å². The molecule has 32 heavy (non-hydrogen) atoms. The molecule has 0 amide bonds. The van der Waals surface area contributed by atoms with Gasteiger partial charge in [-0.1, -0.05) is 36.8 Å². The summed E-state index contributed by atoms with van der Waals surface area (Å²) in [6.45, 7) is 5.56. The van der Waals surface area contributed by atoms with Gasteiger partial charge in [0.25, 0.3) is 0 Å². The van der Waals surface area contributed by atoms with E-state index in [1.54, 1.807) is 12.2 Å². The number of thioether (sulfide) groups is 1. The molecular weight excluding hydrogens is 423 g/mol. The number of fused-ring (bicyclic) bond motifs is 5. The molecule has 0 radical (unpaired) electrons. The van der Waals surface area contributed by atoms with Crippen molar-refractivity contribution >= 4 is 23.5 Å². The minimum absolute atomic E-state index is 0.0793. The number of allylic oxidation sites excluding steroid dienone is 4. The molecule has 3 saturated carbocycles. The summed E-state index contributed by atoms with van der Waals surface area (Å²) in [6.07, 6.45) is 7.98. The third-order valence-electron chi connectivity index (χ3n) is 8.86. The van der Waals surface area contributed by atoms with E-state index in [1.165, 1.54) is 17.9 Å². The Labute approximate surface area is 193 Å². The number of hydrogen-bond acceptors (Lipinski definition) is 4. The number of hydrogen-bond donors (Lipinski definition) is 0. The largest absolute Gasteiger partial charge is 0.459 e. The molecule has 0 heterocycles. The van der Waals surface area contributed by atoms with E-state index in [4.69, 9.17) is 4.74 Å². The van der Waals surface area contributed by atoms with Gasteiger partial charge in [-0.15, -0.1) is 11.8 Å². The van der Waals surface area contributed by atoms with Crippen LogP contribution in [0.1, 0.15) is 52.9 Å². The second-order valence-electron chi connectivity index (χ2n) is 10.4. The van der Waals surface area contributed by atoms with E-state index in [1.807, 2.05) is 24.8 Å². The van der Waals surface area contributed by atoms with Gasteiger partial charge in [0.2, 0.25) is 0 Å². The number of rotatable bonds is 3. The molecule has 4 aliphatic rings. The standard InChI is InChI=1S/C27H31FO3S/c1-17(29)31-23-16-25(2)21(11-12-24(25)32-20-7-5-4-6-8-20)22-10-9-18-15-19(30)13-14-26(18,3)27(22,23)28/h4-8,13-15,21-24H,9-12,16H2,1-3H3/t21-,22-,23-,24+,25-,26-,27?/m0/s1. The quantitative estimate of drug-likeness (QED) is 0.519. The van der Waals surface area contributed by atoms with Gasteiger partial charge in [0.1, 0.15) is 6.10 Å². The Bertz CT molecular complexity index is 1000. The zero-order valence-electron chi connectivity index (χ0n) is 19.0. The Morgan fingerprint density at radius 2 is 1.88 bits per heavy atom. The van der Waals surface area contributed by atoms with Gasteiger partial charge in [0.15, 0.2) is 11.5 Å². The number of halogens is 1. The van der Waals surface area contributed by atoms with Gasteiger partial charge in [-0.3, -0.25) is 9.59 Å². The molecular formula is C27H31FO3S. The summed E-state index contributed by atoms with van der Waals surface area (Å²) < 4.78 is 23.4. The minimum Gasteiger partial charge on any atom is -0.459 e. The summed E-state index contributed by atoms with van der Waals surface area (Å²) >= 11 is 1.88. The Morgan fingerprint density at radius 1 is 1.12 bits per heavy atom. The third kappa shape index (κ3) is 3.07. The second kappa shape index (κ2) is 7.58. The van der Waals surface area contributed by atoms with Gasteiger partial charge >= 0.3 is 5.97 Å². The fraction of sp³-hybridized carbons (Fsp3) is 0.556. The molecule has 0 spiro atoms. The summed E-state index contributed by atoms with van der Waals surface area (Å²) in [5.74, 6) is -0.491. The van der Waals surface area contributed by atoms with E-state index >= 15 is 4.39 Å². The molecule has 7 atom stereocenters. The highest BCUT2D eigenvalue weighted by atomic mass is 32.2. The van der Waals surface area contributed by atoms with Crippen molar-refractivity contribution in [1.82, 2.24) is 0 Å². The molecule has 5 rings (SSSR count). The van der Waals surface area contributed by atoms with Crippen LogP contribution in [0, 0.1) is 22.7 Å². The predicted octanol–water partition coefficient (Wildman–Crippen LogP) is 6.09. The monoisotopic (exact) mass is 454 g/mol. The fourth-order valence-corrected chi connectivity index (χ4v) is 8.75. The molecule has 5 heteroatoms. The number of benzene rings is 1. The molecule has 0 aromatic heterocycles. The zero-order valence-corrected chi connectivity index (χ0v) is 19.8. The number of ketones is 1. The molecule has 0 bridgehead atoms. The summed E-state index contributed by atoms with van der Waals surface area (Å²) in [5.41, 5.74) is -1.91. The Morgan fingerprint density at radius 3 is 2.59 bits per heavy atom. The molecule has 1 unspecified atom stereocenters. The number of carbonyl (C=O) groups excluding carboxylic acids is 2. The first-order valence-corrected chi connectivity index (χ1v) is 12.6. The van der Waals surface area contributed by atoms with Crippen molar-refractivity contribution in [2.45, 2.75) is 74.8 Å². The van der Waals surface area contributed by atoms with Gasteiger partial charge in [0, 0.05) is 28.4 Å². The fourth-order valence-electron chi connectivity index (χ4n) is 7.31. The average molecular weight is 455 g/mol. The summed E-state index contributed by atoms with van der Waals surface area (Å²) in [4.78, 5) is 25.4. The van der Waals surface area contributed by atoms with Crippen molar-refractivity contribution in [2.75, 3.05) is 0 Å². The smallest absolute Gasteiger partial charge is 0.303 e. The minimum atomic E-state index is -1.71. The molecule has 4 aliphatic carbocycles. The first-order valence-electron chi connectivity index (χ1n) is 11.7. The summed E-state index contributed by atoms with van der Waals surface area (Å²) in [5, 5.41) is 0.353. The number of esters is 1. The van der Waals surface area contributed by atoms with Crippen LogP contribution in [0.2, 0.25) is 0 Å². The highest BCUT2D eigenvalue weighted by Gasteiger charge is 2.71. The highest BCUT2D eigenvalue weighted by molar-refractivity contribution is 8.00. The lowest BCUT2D eigenvalue weighted by Gasteiger charge is -2.62. The number of ether oxygens (including phenoxy) is 1. The Hall–Kier alpha value is -1.88. The predicted molar refractivity (Wildman–Crippen MR) is 124 cm³/mol. The molecule has 1 aromatic rings. The van der Waals surface area contributed by atoms with Crippen LogP contribution in [0.3, 0.4) is 0 Å². The number of carbonyl (C=O) groups is 2. The van der Waals surface area contributed by atoms with E-state index < -0.39 is 23.2 Å². The van der Waals surface area contributed by atoms with Crippen molar-refractivity contribution in [3.63, 3.8) is 0 Å². The van der Waals surface area contributed by atoms with Crippen molar-refractivity contribution in [1.29, 1.82) is 0 Å². The van der Waals surface area contributed by atoms with Gasteiger partial charge in [-0.05, 0) is 74.6 Å². The molecule has 1 aromatic carbocycles. The van der Waals surface area contributed by atoms with Crippen LogP contribution in [0.25, 0.3) is 0 Å². The number of alkyl halides is 1. The van der Waals surface area contributed by atoms with Crippen LogP contribution in [-0.4, -0.2) is 28.8 Å². The van der Waals surface area contributed by atoms with E-state index in [-0.39, 0.29) is 23.0 Å². The van der Waals surface area contributed by atoms with Crippen LogP contribution < -0.4 is 0 Å². The van der Waals surface area contributed by atoms with E-state index in [0.717, 1.165) is 24.8 Å². The van der Waals surface area contributed by atoms with E-state index in [2.05, 4.69) is 31.2 Å². The van der Waals surface area contributed by atoms with Crippen molar-refractivity contribution in [3.05, 3.63) is 54.1 Å². The van der Waals surface area contributed by atoms with Gasteiger partial charge < -0.3 is 4.74 Å². The maximum absolute atomic E-state index is 17.6. The van der Waals surface area contributed by atoms with Crippen molar-refractivity contribution < 1.29 is 18.7 Å². The maximum Gasteiger partial charge on any atom is 0.303 e. The van der Waals surface area contributed by atoms with Crippen LogP contribution in [-0.2, 0) is 14.3 Å². The van der Waals surface area contributed by atoms with Crippen LogP contribution in [0.5, 0.6) is 0 Å². The Balaban J connectivity index is 1.56. The second-order valence-corrected chi connectivity index (χ2v) is 11.7. The van der Waals surface area contributed by atoms with Crippen LogP contribution >= 0.6 is 11.8 Å². The zero-order chi connectivity index (χ0) is 22.7. The lowest BCUT2D eigenvalue weighted by atomic mass is 9.46. The molecule has 0 N–H and O–H groups in total. The SMILES string of the molecule is CC(=O)O[C@H]1C[C@]2(C)[C@H](Sc3ccccc3)CC[C@H]2[C@@H]2CCC3=CC(=O)C=C[C@]3(C)C12F. The first-order chi connectivity index (χ1) is 15.2. The summed E-state index contributed by atoms with van der Waals surface area (Å²) in [7, 11) is 0. The normalized spacial score (nSPS) is 42.5. The highest BCUT2D eigenvalue weighted by Crippen LogP contribution is 2.69. The van der Waals surface area contributed by atoms with Crippen LogP contribution in [0.4, 0.5) is 4.39 Å². The van der Waals surface area contributed by atoms with Gasteiger partial charge in [0.05, 0.1) is 0 Å². The van der Waals surface area contributed by atoms with E-state index in [9.17, 15) is 9.59 Å². The van der Waals surface area contributed by atoms with Crippen LogP contribution in [0.15, 0.2) is 59.0 Å². The average Bonchev–Trinajstić information content (AvgIpc) is 3.06. The Kier molecular flexibility index (Phi) is 5.20. The molecule has 0 aliphatic heterocycles. The van der Waals surface area contributed by atoms with Gasteiger partial charge in [-0.2, -0.15) is 0 Å². The molecule has 3 fully saturated rings. The van der Waals surface area contributed by atoms with E-state index in [0.29, 0.717) is 18.1 Å². The third-order valence-corrected chi connectivity index (χ3v) is 10.5. The lowest BCUT2D eigenvalue weighted by Crippen LogP contribution is -2.67. The molecule has 3 nitrogen and oxygen atoms in total. The molecule has 170 valence electrons. The first kappa shape index (κ1) is 21.9. The summed E-state index contributed by atoms with van der Waals surface area (Å²) in [6, 6.07) is 10.4. The topological polar surface area (TPSA) is 43.4 Å². The van der Waals surface area contributed by atoms with Crippen molar-refractivity contribution in [2.24, 2.45) is 22.7 Å². The molecule has 0 saturated heterocycles. The maximum atomic E-state index is 17.6.